The zero-order chi connectivity index (χ0) is 18.7. The lowest BCUT2D eigenvalue weighted by molar-refractivity contribution is -0.113. The lowest BCUT2D eigenvalue weighted by atomic mass is 10.1. The van der Waals surface area contributed by atoms with Crippen molar-refractivity contribution in [3.8, 4) is 5.75 Å². The van der Waals surface area contributed by atoms with Crippen LogP contribution < -0.4 is 9.64 Å². The molecule has 1 saturated heterocycles. The van der Waals surface area contributed by atoms with Crippen molar-refractivity contribution in [2.75, 3.05) is 4.90 Å². The van der Waals surface area contributed by atoms with Crippen molar-refractivity contribution < 1.29 is 9.53 Å². The minimum absolute atomic E-state index is 0.0936. The van der Waals surface area contributed by atoms with Crippen LogP contribution in [0.5, 0.6) is 5.75 Å². The normalized spacial score (nSPS) is 17.0. The van der Waals surface area contributed by atoms with Gasteiger partial charge in [-0.1, -0.05) is 61.2 Å². The van der Waals surface area contributed by atoms with Gasteiger partial charge in [-0.25, -0.2) is 0 Å². The molecule has 0 aliphatic carbocycles. The SMILES string of the molecule is CC[C@H](C)Oc1ccccc1/C=C1\SC(=S)N(c2cccc(C)c2)C1=O. The van der Waals surface area contributed by atoms with E-state index in [-0.39, 0.29) is 12.0 Å². The average molecular weight is 384 g/mol. The molecule has 0 radical (unpaired) electrons. The predicted molar refractivity (Wildman–Crippen MR) is 114 cm³/mol. The fourth-order valence-electron chi connectivity index (χ4n) is 2.61. The molecule has 1 atom stereocenters. The molecule has 0 aromatic heterocycles. The van der Waals surface area contributed by atoms with E-state index in [4.69, 9.17) is 17.0 Å². The van der Waals surface area contributed by atoms with E-state index in [2.05, 4.69) is 6.92 Å². The summed E-state index contributed by atoms with van der Waals surface area (Å²) in [6.07, 6.45) is 2.91. The molecule has 1 fully saturated rings. The highest BCUT2D eigenvalue weighted by molar-refractivity contribution is 8.27. The van der Waals surface area contributed by atoms with Gasteiger partial charge >= 0.3 is 0 Å². The van der Waals surface area contributed by atoms with E-state index in [9.17, 15) is 4.79 Å². The first-order valence-electron chi connectivity index (χ1n) is 8.60. The van der Waals surface area contributed by atoms with Gasteiger partial charge in [0.25, 0.3) is 5.91 Å². The summed E-state index contributed by atoms with van der Waals surface area (Å²) in [6.45, 7) is 6.12. The number of carbonyl (C=O) groups is 1. The zero-order valence-corrected chi connectivity index (χ0v) is 16.7. The summed E-state index contributed by atoms with van der Waals surface area (Å²) in [4.78, 5) is 15.1. The summed E-state index contributed by atoms with van der Waals surface area (Å²) in [7, 11) is 0. The third kappa shape index (κ3) is 4.00. The van der Waals surface area contributed by atoms with Crippen molar-refractivity contribution in [1.82, 2.24) is 0 Å². The molecular formula is C21H21NO2S2. The van der Waals surface area contributed by atoms with Crippen LogP contribution in [0.3, 0.4) is 0 Å². The van der Waals surface area contributed by atoms with Gasteiger partial charge in [-0.2, -0.15) is 0 Å². The van der Waals surface area contributed by atoms with Gasteiger partial charge in [-0.15, -0.1) is 0 Å². The highest BCUT2D eigenvalue weighted by Crippen LogP contribution is 2.37. The van der Waals surface area contributed by atoms with Gasteiger partial charge in [0.2, 0.25) is 0 Å². The number of rotatable bonds is 5. The highest BCUT2D eigenvalue weighted by Gasteiger charge is 2.33. The molecule has 5 heteroatoms. The molecule has 1 amide bonds. The van der Waals surface area contributed by atoms with E-state index in [1.54, 1.807) is 4.90 Å². The molecule has 3 nitrogen and oxygen atoms in total. The monoisotopic (exact) mass is 383 g/mol. The molecule has 1 aliphatic rings. The van der Waals surface area contributed by atoms with Crippen molar-refractivity contribution in [2.45, 2.75) is 33.3 Å². The second kappa shape index (κ2) is 8.06. The van der Waals surface area contributed by atoms with Crippen molar-refractivity contribution in [1.29, 1.82) is 0 Å². The van der Waals surface area contributed by atoms with Crippen LogP contribution in [0.15, 0.2) is 53.4 Å². The van der Waals surface area contributed by atoms with Gasteiger partial charge < -0.3 is 4.74 Å². The Balaban J connectivity index is 1.92. The maximum atomic E-state index is 12.9. The van der Waals surface area contributed by atoms with E-state index in [0.29, 0.717) is 9.23 Å². The first-order chi connectivity index (χ1) is 12.5. The molecule has 1 heterocycles. The summed E-state index contributed by atoms with van der Waals surface area (Å²) in [5.74, 6) is 0.687. The predicted octanol–water partition coefficient (Wildman–Crippen LogP) is 5.58. The minimum atomic E-state index is -0.0936. The molecule has 0 spiro atoms. The number of thioether (sulfide) groups is 1. The molecule has 1 aliphatic heterocycles. The van der Waals surface area contributed by atoms with Crippen LogP contribution in [0.1, 0.15) is 31.4 Å². The number of hydrogen-bond acceptors (Lipinski definition) is 4. The van der Waals surface area contributed by atoms with Gasteiger partial charge in [-0.3, -0.25) is 9.69 Å². The summed E-state index contributed by atoms with van der Waals surface area (Å²) in [6, 6.07) is 15.6. The van der Waals surface area contributed by atoms with Gasteiger partial charge in [-0.05, 0) is 50.1 Å². The Morgan fingerprint density at radius 3 is 2.73 bits per heavy atom. The van der Waals surface area contributed by atoms with Crippen molar-refractivity contribution in [3.05, 3.63) is 64.6 Å². The van der Waals surface area contributed by atoms with Crippen molar-refractivity contribution in [3.63, 3.8) is 0 Å². The first kappa shape index (κ1) is 18.7. The standard InChI is InChI=1S/C21H21NO2S2/c1-4-15(3)24-18-11-6-5-9-16(18)13-19-20(23)22(21(25)26-19)17-10-7-8-14(2)12-17/h5-13,15H,4H2,1-3H3/b19-13-/t15-/m0/s1. The van der Waals surface area contributed by atoms with Crippen LogP contribution in [-0.4, -0.2) is 16.3 Å². The third-order valence-electron chi connectivity index (χ3n) is 4.16. The van der Waals surface area contributed by atoms with Gasteiger partial charge in [0.15, 0.2) is 4.32 Å². The minimum Gasteiger partial charge on any atom is -0.490 e. The summed E-state index contributed by atoms with van der Waals surface area (Å²) < 4.78 is 6.53. The maximum Gasteiger partial charge on any atom is 0.270 e. The van der Waals surface area contributed by atoms with Gasteiger partial charge in [0.1, 0.15) is 5.75 Å². The van der Waals surface area contributed by atoms with E-state index in [1.165, 1.54) is 11.8 Å². The number of thiocarbonyl (C=S) groups is 1. The lowest BCUT2D eigenvalue weighted by Crippen LogP contribution is -2.27. The fourth-order valence-corrected chi connectivity index (χ4v) is 3.90. The Hall–Kier alpha value is -2.11. The number of para-hydroxylation sites is 1. The third-order valence-corrected chi connectivity index (χ3v) is 5.46. The van der Waals surface area contributed by atoms with E-state index < -0.39 is 0 Å². The van der Waals surface area contributed by atoms with Crippen LogP contribution in [-0.2, 0) is 4.79 Å². The summed E-state index contributed by atoms with van der Waals surface area (Å²) in [5, 5.41) is 0. The van der Waals surface area contributed by atoms with Crippen LogP contribution in [0.4, 0.5) is 5.69 Å². The molecule has 0 unspecified atom stereocenters. The van der Waals surface area contributed by atoms with Gasteiger partial charge in [0, 0.05) is 5.56 Å². The first-order valence-corrected chi connectivity index (χ1v) is 9.82. The molecular weight excluding hydrogens is 362 g/mol. The van der Waals surface area contributed by atoms with Crippen molar-refractivity contribution in [2.24, 2.45) is 0 Å². The van der Waals surface area contributed by atoms with Crippen LogP contribution in [0.2, 0.25) is 0 Å². The number of benzene rings is 2. The van der Waals surface area contributed by atoms with Crippen LogP contribution in [0, 0.1) is 6.92 Å². The molecule has 2 aromatic rings. The number of aryl methyl sites for hydroxylation is 1. The Kier molecular flexibility index (Phi) is 5.79. The average Bonchev–Trinajstić information content (AvgIpc) is 2.90. The Morgan fingerprint density at radius 2 is 2.00 bits per heavy atom. The molecule has 3 rings (SSSR count). The molecule has 134 valence electrons. The summed E-state index contributed by atoms with van der Waals surface area (Å²) in [5.41, 5.74) is 2.78. The maximum absolute atomic E-state index is 12.9. The topological polar surface area (TPSA) is 29.5 Å². The zero-order valence-electron chi connectivity index (χ0n) is 15.1. The van der Waals surface area contributed by atoms with Crippen LogP contribution in [0.25, 0.3) is 6.08 Å². The Labute approximate surface area is 164 Å². The number of amides is 1. The quantitative estimate of drug-likeness (QED) is 0.498. The lowest BCUT2D eigenvalue weighted by Gasteiger charge is -2.15. The highest BCUT2D eigenvalue weighted by atomic mass is 32.2. The number of anilines is 1. The second-order valence-electron chi connectivity index (χ2n) is 6.23. The molecule has 2 aromatic carbocycles. The van der Waals surface area contributed by atoms with E-state index in [1.807, 2.05) is 68.5 Å². The smallest absolute Gasteiger partial charge is 0.270 e. The van der Waals surface area contributed by atoms with E-state index >= 15 is 0 Å². The molecule has 0 N–H and O–H groups in total. The Bertz CT molecular complexity index is 876. The fraction of sp³-hybridized carbons (Fsp3) is 0.238. The number of hydrogen-bond donors (Lipinski definition) is 0. The molecule has 0 bridgehead atoms. The molecule has 26 heavy (non-hydrogen) atoms. The Morgan fingerprint density at radius 1 is 1.23 bits per heavy atom. The number of ether oxygens (including phenoxy) is 1. The van der Waals surface area contributed by atoms with Crippen molar-refractivity contribution >= 4 is 46.0 Å². The van der Waals surface area contributed by atoms with Gasteiger partial charge in [0.05, 0.1) is 16.7 Å². The summed E-state index contributed by atoms with van der Waals surface area (Å²) >= 11 is 6.78. The number of nitrogens with zero attached hydrogens (tertiary/aromatic N) is 1. The largest absolute Gasteiger partial charge is 0.490 e. The van der Waals surface area contributed by atoms with E-state index in [0.717, 1.165) is 29.0 Å². The number of carbonyl (C=O) groups excluding carboxylic acids is 1. The second-order valence-corrected chi connectivity index (χ2v) is 7.91. The molecule has 0 saturated carbocycles. The van der Waals surface area contributed by atoms with Crippen LogP contribution >= 0.6 is 24.0 Å².